The highest BCUT2D eigenvalue weighted by atomic mass is 16.5. The van der Waals surface area contributed by atoms with Crippen molar-refractivity contribution in [3.8, 4) is 28.4 Å². The number of amides is 1. The SMILES string of the molecule is CCOc1cc(C(=O)Nc2cccc(-c3cc4ccccc4oc3=O)c2)cc(OCC)c1OCC. The summed E-state index contributed by atoms with van der Waals surface area (Å²) >= 11 is 0. The average Bonchev–Trinajstić information content (AvgIpc) is 2.86. The second kappa shape index (κ2) is 10.8. The van der Waals surface area contributed by atoms with Crippen LogP contribution in [0.3, 0.4) is 0 Å². The van der Waals surface area contributed by atoms with Gasteiger partial charge in [0.25, 0.3) is 5.91 Å². The Hall–Kier alpha value is -4.26. The van der Waals surface area contributed by atoms with Crippen molar-refractivity contribution in [3.63, 3.8) is 0 Å². The van der Waals surface area contributed by atoms with Gasteiger partial charge in [0.1, 0.15) is 5.58 Å². The van der Waals surface area contributed by atoms with E-state index in [1.54, 1.807) is 48.5 Å². The summed E-state index contributed by atoms with van der Waals surface area (Å²) in [6, 6.07) is 19.4. The van der Waals surface area contributed by atoms with Gasteiger partial charge in [0.05, 0.1) is 25.4 Å². The number of carbonyl (C=O) groups excluding carboxylic acids is 1. The normalized spacial score (nSPS) is 10.7. The Bertz CT molecular complexity index is 1380. The topological polar surface area (TPSA) is 87.0 Å². The van der Waals surface area contributed by atoms with E-state index in [0.29, 0.717) is 65.0 Å². The molecule has 0 atom stereocenters. The van der Waals surface area contributed by atoms with Crippen molar-refractivity contribution in [2.24, 2.45) is 0 Å². The van der Waals surface area contributed by atoms with E-state index in [4.69, 9.17) is 18.6 Å². The van der Waals surface area contributed by atoms with Crippen LogP contribution in [0.1, 0.15) is 31.1 Å². The lowest BCUT2D eigenvalue weighted by Gasteiger charge is -2.17. The fourth-order valence-electron chi connectivity index (χ4n) is 3.75. The minimum Gasteiger partial charge on any atom is -0.490 e. The van der Waals surface area contributed by atoms with E-state index < -0.39 is 5.63 Å². The highest BCUT2D eigenvalue weighted by Gasteiger charge is 2.19. The fourth-order valence-corrected chi connectivity index (χ4v) is 3.75. The van der Waals surface area contributed by atoms with Gasteiger partial charge >= 0.3 is 5.63 Å². The first-order valence-electron chi connectivity index (χ1n) is 11.5. The Balaban J connectivity index is 1.65. The minimum atomic E-state index is -0.443. The lowest BCUT2D eigenvalue weighted by atomic mass is 10.1. The molecule has 1 heterocycles. The first-order valence-corrected chi connectivity index (χ1v) is 11.5. The molecule has 0 aliphatic rings. The van der Waals surface area contributed by atoms with Gasteiger partial charge in [-0.15, -0.1) is 0 Å². The van der Waals surface area contributed by atoms with Gasteiger partial charge in [0.15, 0.2) is 11.5 Å². The highest BCUT2D eigenvalue weighted by Crippen LogP contribution is 2.39. The van der Waals surface area contributed by atoms with Crippen LogP contribution in [-0.4, -0.2) is 25.7 Å². The number of benzene rings is 3. The molecular formula is C28H27NO6. The van der Waals surface area contributed by atoms with E-state index >= 15 is 0 Å². The molecule has 0 radical (unpaired) electrons. The minimum absolute atomic E-state index is 0.349. The van der Waals surface area contributed by atoms with Crippen molar-refractivity contribution in [1.29, 1.82) is 0 Å². The quantitative estimate of drug-likeness (QED) is 0.304. The molecule has 35 heavy (non-hydrogen) atoms. The number of fused-ring (bicyclic) bond motifs is 1. The van der Waals surface area contributed by atoms with E-state index in [-0.39, 0.29) is 5.91 Å². The van der Waals surface area contributed by atoms with Crippen LogP contribution in [0, 0.1) is 0 Å². The Morgan fingerprint density at radius 3 is 2.20 bits per heavy atom. The maximum absolute atomic E-state index is 13.1. The van der Waals surface area contributed by atoms with E-state index in [0.717, 1.165) is 5.39 Å². The Morgan fingerprint density at radius 2 is 1.51 bits per heavy atom. The van der Waals surface area contributed by atoms with E-state index in [1.807, 2.05) is 39.0 Å². The largest absolute Gasteiger partial charge is 0.490 e. The molecule has 0 spiro atoms. The molecule has 0 saturated carbocycles. The molecule has 3 aromatic carbocycles. The molecule has 1 amide bonds. The molecule has 180 valence electrons. The third kappa shape index (κ3) is 5.30. The van der Waals surface area contributed by atoms with E-state index in [1.165, 1.54) is 0 Å². The number of anilines is 1. The molecule has 0 bridgehead atoms. The first-order chi connectivity index (χ1) is 17.0. The predicted octanol–water partition coefficient (Wildman–Crippen LogP) is 5.91. The molecular weight excluding hydrogens is 446 g/mol. The predicted molar refractivity (Wildman–Crippen MR) is 136 cm³/mol. The van der Waals surface area contributed by atoms with Crippen molar-refractivity contribution < 1.29 is 23.4 Å². The lowest BCUT2D eigenvalue weighted by molar-refractivity contribution is 0.102. The number of rotatable bonds is 9. The summed E-state index contributed by atoms with van der Waals surface area (Å²) in [7, 11) is 0. The highest BCUT2D eigenvalue weighted by molar-refractivity contribution is 6.05. The summed E-state index contributed by atoms with van der Waals surface area (Å²) in [5, 5.41) is 3.71. The van der Waals surface area contributed by atoms with Crippen LogP contribution in [0.15, 0.2) is 75.9 Å². The molecule has 4 rings (SSSR count). The van der Waals surface area contributed by atoms with Gasteiger partial charge in [-0.3, -0.25) is 4.79 Å². The number of hydrogen-bond donors (Lipinski definition) is 1. The maximum Gasteiger partial charge on any atom is 0.344 e. The van der Waals surface area contributed by atoms with Gasteiger partial charge in [-0.05, 0) is 62.7 Å². The van der Waals surface area contributed by atoms with Gasteiger partial charge in [0.2, 0.25) is 5.75 Å². The Morgan fingerprint density at radius 1 is 0.829 bits per heavy atom. The monoisotopic (exact) mass is 473 g/mol. The third-order valence-corrected chi connectivity index (χ3v) is 5.24. The lowest BCUT2D eigenvalue weighted by Crippen LogP contribution is -2.13. The van der Waals surface area contributed by atoms with Crippen LogP contribution in [0.5, 0.6) is 17.2 Å². The molecule has 0 unspecified atom stereocenters. The summed E-state index contributed by atoms with van der Waals surface area (Å²) in [6.07, 6.45) is 0. The first kappa shape index (κ1) is 23.9. The van der Waals surface area contributed by atoms with Crippen LogP contribution in [0.25, 0.3) is 22.1 Å². The van der Waals surface area contributed by atoms with Crippen LogP contribution in [0.2, 0.25) is 0 Å². The molecule has 0 fully saturated rings. The molecule has 7 heteroatoms. The molecule has 0 aliphatic heterocycles. The number of carbonyl (C=O) groups is 1. The summed E-state index contributed by atoms with van der Waals surface area (Å²) in [4.78, 5) is 25.7. The number of nitrogens with one attached hydrogen (secondary N) is 1. The fraction of sp³-hybridized carbons (Fsp3) is 0.214. The van der Waals surface area contributed by atoms with Crippen molar-refractivity contribution >= 4 is 22.6 Å². The molecule has 0 saturated heterocycles. The number of para-hydroxylation sites is 1. The van der Waals surface area contributed by atoms with Crippen LogP contribution in [-0.2, 0) is 0 Å². The van der Waals surface area contributed by atoms with Gasteiger partial charge in [0, 0.05) is 16.6 Å². The van der Waals surface area contributed by atoms with Gasteiger partial charge in [-0.1, -0.05) is 30.3 Å². The van der Waals surface area contributed by atoms with Crippen molar-refractivity contribution in [2.45, 2.75) is 20.8 Å². The average molecular weight is 474 g/mol. The summed E-state index contributed by atoms with van der Waals surface area (Å²) in [6.45, 7) is 6.84. The Kier molecular flexibility index (Phi) is 7.35. The molecule has 1 N–H and O–H groups in total. The zero-order valence-electron chi connectivity index (χ0n) is 19.9. The van der Waals surface area contributed by atoms with Crippen molar-refractivity contribution in [3.05, 3.63) is 82.7 Å². The smallest absolute Gasteiger partial charge is 0.344 e. The second-order valence-corrected chi connectivity index (χ2v) is 7.62. The summed E-state index contributed by atoms with van der Waals surface area (Å²) in [5.41, 5.74) is 2.02. The number of hydrogen-bond acceptors (Lipinski definition) is 6. The molecule has 1 aromatic heterocycles. The van der Waals surface area contributed by atoms with Crippen molar-refractivity contribution in [2.75, 3.05) is 25.1 Å². The second-order valence-electron chi connectivity index (χ2n) is 7.62. The molecule has 4 aromatic rings. The molecule has 0 aliphatic carbocycles. The standard InChI is InChI=1S/C28H27NO6/c1-4-32-24-16-20(17-25(33-5-2)26(24)34-6-3)27(30)29-21-12-9-11-18(14-21)22-15-19-10-7-8-13-23(19)35-28(22)31/h7-17H,4-6H2,1-3H3,(H,29,30). The van der Waals surface area contributed by atoms with Crippen LogP contribution >= 0.6 is 0 Å². The van der Waals surface area contributed by atoms with Gasteiger partial charge in [-0.2, -0.15) is 0 Å². The van der Waals surface area contributed by atoms with Crippen LogP contribution in [0.4, 0.5) is 5.69 Å². The van der Waals surface area contributed by atoms with E-state index in [9.17, 15) is 9.59 Å². The zero-order valence-corrected chi connectivity index (χ0v) is 19.9. The molecule has 7 nitrogen and oxygen atoms in total. The van der Waals surface area contributed by atoms with Crippen molar-refractivity contribution in [1.82, 2.24) is 0 Å². The zero-order chi connectivity index (χ0) is 24.8. The van der Waals surface area contributed by atoms with E-state index in [2.05, 4.69) is 5.32 Å². The van der Waals surface area contributed by atoms with Crippen LogP contribution < -0.4 is 25.2 Å². The Labute approximate surface area is 203 Å². The number of ether oxygens (including phenoxy) is 3. The summed E-state index contributed by atoms with van der Waals surface area (Å²) < 4.78 is 22.6. The van der Waals surface area contributed by atoms with Gasteiger partial charge in [-0.25, -0.2) is 4.79 Å². The van der Waals surface area contributed by atoms with Gasteiger partial charge < -0.3 is 23.9 Å². The summed E-state index contributed by atoms with van der Waals surface area (Å²) in [5.74, 6) is 0.997. The maximum atomic E-state index is 13.1. The third-order valence-electron chi connectivity index (χ3n) is 5.24.